The van der Waals surface area contributed by atoms with Gasteiger partial charge in [-0.15, -0.1) is 0 Å². The lowest BCUT2D eigenvalue weighted by Crippen LogP contribution is -2.28. The zero-order valence-corrected chi connectivity index (χ0v) is 15.0. The summed E-state index contributed by atoms with van der Waals surface area (Å²) in [4.78, 5) is 19.5. The number of rotatable bonds is 9. The lowest BCUT2D eigenvalue weighted by atomic mass is 10.1. The molecule has 0 aliphatic rings. The molecule has 1 heterocycles. The first kappa shape index (κ1) is 18.9. The Balaban J connectivity index is 1.96. The molecule has 1 atom stereocenters. The third kappa shape index (κ3) is 6.51. The minimum Gasteiger partial charge on any atom is -0.493 e. The van der Waals surface area contributed by atoms with Crippen LogP contribution in [0.25, 0.3) is 0 Å². The second kappa shape index (κ2) is 9.74. The van der Waals surface area contributed by atoms with Crippen molar-refractivity contribution in [2.75, 3.05) is 6.61 Å². The van der Waals surface area contributed by atoms with Gasteiger partial charge in [0.05, 0.1) is 12.3 Å². The highest BCUT2D eigenvalue weighted by atomic mass is 16.5. The van der Waals surface area contributed by atoms with Crippen LogP contribution < -0.4 is 10.1 Å². The van der Waals surface area contributed by atoms with E-state index in [1.807, 2.05) is 25.1 Å². The van der Waals surface area contributed by atoms with Gasteiger partial charge in [0.25, 0.3) is 0 Å². The molecule has 0 radical (unpaired) electrons. The van der Waals surface area contributed by atoms with Crippen molar-refractivity contribution in [2.24, 2.45) is 0 Å². The minimum absolute atomic E-state index is 0.216. The van der Waals surface area contributed by atoms with Crippen LogP contribution in [0.5, 0.6) is 5.75 Å². The highest BCUT2D eigenvalue weighted by molar-refractivity contribution is 5.66. The standard InChI is InChI=1S/C19H25N3O3/c1-4-24-19-6-5-16(10-17(19)13-25-15(3)23)11-22-14(2)9-18-12-20-7-8-21-18/h5-8,10,12,14,22H,4,9,11,13H2,1-3H3/t14-/m0/s1. The molecule has 25 heavy (non-hydrogen) atoms. The fraction of sp³-hybridized carbons (Fsp3) is 0.421. The Morgan fingerprint density at radius 3 is 2.84 bits per heavy atom. The first-order valence-electron chi connectivity index (χ1n) is 8.44. The van der Waals surface area contributed by atoms with E-state index in [2.05, 4.69) is 22.2 Å². The van der Waals surface area contributed by atoms with Gasteiger partial charge in [-0.25, -0.2) is 0 Å². The molecule has 0 saturated heterocycles. The molecule has 2 rings (SSSR count). The number of benzene rings is 1. The Morgan fingerprint density at radius 2 is 2.16 bits per heavy atom. The zero-order chi connectivity index (χ0) is 18.1. The molecule has 0 bridgehead atoms. The van der Waals surface area contributed by atoms with Crippen LogP contribution in [0, 0.1) is 0 Å². The topological polar surface area (TPSA) is 73.3 Å². The maximum absolute atomic E-state index is 11.1. The molecule has 0 aliphatic heterocycles. The lowest BCUT2D eigenvalue weighted by Gasteiger charge is -2.15. The van der Waals surface area contributed by atoms with Gasteiger partial charge in [-0.05, 0) is 31.5 Å². The molecule has 6 heteroatoms. The molecular weight excluding hydrogens is 318 g/mol. The smallest absolute Gasteiger partial charge is 0.302 e. The summed E-state index contributed by atoms with van der Waals surface area (Å²) in [6.07, 6.45) is 5.97. The molecule has 134 valence electrons. The number of aromatic nitrogens is 2. The zero-order valence-electron chi connectivity index (χ0n) is 15.0. The van der Waals surface area contributed by atoms with E-state index >= 15 is 0 Å². The molecule has 2 aromatic rings. The van der Waals surface area contributed by atoms with E-state index < -0.39 is 0 Å². The minimum atomic E-state index is -0.302. The van der Waals surface area contributed by atoms with Gasteiger partial charge < -0.3 is 14.8 Å². The maximum atomic E-state index is 11.1. The summed E-state index contributed by atoms with van der Waals surface area (Å²) in [6.45, 7) is 6.94. The van der Waals surface area contributed by atoms with Crippen molar-refractivity contribution in [3.63, 3.8) is 0 Å². The molecule has 0 amide bonds. The van der Waals surface area contributed by atoms with E-state index in [-0.39, 0.29) is 18.6 Å². The van der Waals surface area contributed by atoms with Crippen LogP contribution in [0.3, 0.4) is 0 Å². The van der Waals surface area contributed by atoms with E-state index in [9.17, 15) is 4.79 Å². The fourth-order valence-electron chi connectivity index (χ4n) is 2.44. The van der Waals surface area contributed by atoms with E-state index in [0.717, 1.165) is 29.0 Å². The van der Waals surface area contributed by atoms with Crippen LogP contribution in [-0.2, 0) is 29.1 Å². The second-order valence-electron chi connectivity index (χ2n) is 5.84. The van der Waals surface area contributed by atoms with Gasteiger partial charge in [-0.2, -0.15) is 0 Å². The molecule has 1 aromatic heterocycles. The van der Waals surface area contributed by atoms with Gasteiger partial charge in [0.15, 0.2) is 0 Å². The lowest BCUT2D eigenvalue weighted by molar-refractivity contribution is -0.142. The van der Waals surface area contributed by atoms with Crippen LogP contribution >= 0.6 is 0 Å². The number of ether oxygens (including phenoxy) is 2. The molecule has 0 unspecified atom stereocenters. The number of nitrogens with one attached hydrogen (secondary N) is 1. The van der Waals surface area contributed by atoms with Crippen molar-refractivity contribution in [1.82, 2.24) is 15.3 Å². The van der Waals surface area contributed by atoms with Gasteiger partial charge in [-0.3, -0.25) is 14.8 Å². The van der Waals surface area contributed by atoms with Crippen LogP contribution in [0.2, 0.25) is 0 Å². The summed E-state index contributed by atoms with van der Waals surface area (Å²) in [7, 11) is 0. The SMILES string of the molecule is CCOc1ccc(CN[C@@H](C)Cc2cnccn2)cc1COC(C)=O. The summed E-state index contributed by atoms with van der Waals surface area (Å²) in [6, 6.07) is 6.22. The summed E-state index contributed by atoms with van der Waals surface area (Å²) >= 11 is 0. The fourth-order valence-corrected chi connectivity index (χ4v) is 2.44. The molecule has 0 fully saturated rings. The first-order chi connectivity index (χ1) is 12.1. The summed E-state index contributed by atoms with van der Waals surface area (Å²) in [5.41, 5.74) is 2.94. The summed E-state index contributed by atoms with van der Waals surface area (Å²) in [5.74, 6) is 0.448. The first-order valence-corrected chi connectivity index (χ1v) is 8.44. The van der Waals surface area contributed by atoms with Gasteiger partial charge in [0.1, 0.15) is 12.4 Å². The van der Waals surface area contributed by atoms with Crippen LogP contribution in [0.15, 0.2) is 36.8 Å². The Kier molecular flexibility index (Phi) is 7.35. The van der Waals surface area contributed by atoms with Gasteiger partial charge in [0.2, 0.25) is 0 Å². The Hall–Kier alpha value is -2.47. The van der Waals surface area contributed by atoms with Crippen molar-refractivity contribution in [2.45, 2.75) is 46.4 Å². The summed E-state index contributed by atoms with van der Waals surface area (Å²) < 4.78 is 10.7. The number of carbonyl (C=O) groups excluding carboxylic acids is 1. The number of hydrogen-bond acceptors (Lipinski definition) is 6. The van der Waals surface area contributed by atoms with Gasteiger partial charge in [-0.1, -0.05) is 6.07 Å². The summed E-state index contributed by atoms with van der Waals surface area (Å²) in [5, 5.41) is 3.47. The van der Waals surface area contributed by atoms with Crippen LogP contribution in [0.4, 0.5) is 0 Å². The molecule has 0 aliphatic carbocycles. The third-order valence-electron chi connectivity index (χ3n) is 3.64. The van der Waals surface area contributed by atoms with Crippen molar-refractivity contribution >= 4 is 5.97 Å². The number of nitrogens with zero attached hydrogens (tertiary/aromatic N) is 2. The van der Waals surface area contributed by atoms with Crippen molar-refractivity contribution < 1.29 is 14.3 Å². The van der Waals surface area contributed by atoms with E-state index in [1.54, 1.807) is 18.6 Å². The third-order valence-corrected chi connectivity index (χ3v) is 3.64. The van der Waals surface area contributed by atoms with Gasteiger partial charge >= 0.3 is 5.97 Å². The van der Waals surface area contributed by atoms with E-state index in [4.69, 9.17) is 9.47 Å². The monoisotopic (exact) mass is 343 g/mol. The quantitative estimate of drug-likeness (QED) is 0.706. The molecule has 1 N–H and O–H groups in total. The van der Waals surface area contributed by atoms with Crippen molar-refractivity contribution in [3.8, 4) is 5.75 Å². The average molecular weight is 343 g/mol. The predicted octanol–water partition coefficient (Wildman–Crippen LogP) is 2.66. The van der Waals surface area contributed by atoms with E-state index in [1.165, 1.54) is 6.92 Å². The Morgan fingerprint density at radius 1 is 1.32 bits per heavy atom. The number of esters is 1. The predicted molar refractivity (Wildman–Crippen MR) is 95.1 cm³/mol. The Bertz CT molecular complexity index is 677. The number of hydrogen-bond donors (Lipinski definition) is 1. The van der Waals surface area contributed by atoms with E-state index in [0.29, 0.717) is 13.2 Å². The van der Waals surface area contributed by atoms with Crippen molar-refractivity contribution in [1.29, 1.82) is 0 Å². The van der Waals surface area contributed by atoms with Gasteiger partial charge in [0, 0.05) is 50.1 Å². The molecule has 0 spiro atoms. The molecule has 0 saturated carbocycles. The maximum Gasteiger partial charge on any atom is 0.302 e. The highest BCUT2D eigenvalue weighted by Gasteiger charge is 2.09. The highest BCUT2D eigenvalue weighted by Crippen LogP contribution is 2.21. The Labute approximate surface area is 148 Å². The number of carbonyl (C=O) groups is 1. The average Bonchev–Trinajstić information content (AvgIpc) is 2.60. The van der Waals surface area contributed by atoms with Crippen molar-refractivity contribution in [3.05, 3.63) is 53.6 Å². The van der Waals surface area contributed by atoms with Crippen LogP contribution in [0.1, 0.15) is 37.6 Å². The normalized spacial score (nSPS) is 11.8. The van der Waals surface area contributed by atoms with Crippen LogP contribution in [-0.4, -0.2) is 28.6 Å². The second-order valence-corrected chi connectivity index (χ2v) is 5.84. The molecule has 6 nitrogen and oxygen atoms in total. The largest absolute Gasteiger partial charge is 0.493 e. The molecular formula is C19H25N3O3. The molecule has 1 aromatic carbocycles.